The number of amides is 1. The number of methoxy groups -OCH3 is 1. The lowest BCUT2D eigenvalue weighted by molar-refractivity contribution is -0.119. The average molecular weight is 328 g/mol. The number of hydrogen-bond donors (Lipinski definition) is 2. The second-order valence-electron chi connectivity index (χ2n) is 5.67. The Balaban J connectivity index is 1.78. The van der Waals surface area contributed by atoms with Crippen molar-refractivity contribution in [3.05, 3.63) is 54.1 Å². The summed E-state index contributed by atoms with van der Waals surface area (Å²) in [5.41, 5.74) is 1.88. The van der Waals surface area contributed by atoms with Gasteiger partial charge in [-0.1, -0.05) is 18.2 Å². The normalized spacial score (nSPS) is 10.3. The number of hydrogen-bond acceptors (Lipinski definition) is 4. The van der Waals surface area contributed by atoms with Crippen LogP contribution in [-0.2, 0) is 11.3 Å². The Hall–Kier alpha value is -2.69. The summed E-state index contributed by atoms with van der Waals surface area (Å²) in [5, 5.41) is 5.98. The molecule has 5 nitrogen and oxygen atoms in total. The Morgan fingerprint density at radius 1 is 1.08 bits per heavy atom. The molecule has 0 atom stereocenters. The smallest absolute Gasteiger partial charge is 0.239 e. The molecule has 0 spiro atoms. The number of benzene rings is 2. The summed E-state index contributed by atoms with van der Waals surface area (Å²) >= 11 is 0. The first-order valence-electron chi connectivity index (χ1n) is 7.97. The fraction of sp³-hybridized carbons (Fsp3) is 0.316. The maximum absolute atomic E-state index is 11.9. The van der Waals surface area contributed by atoms with Gasteiger partial charge in [0.1, 0.15) is 11.5 Å². The minimum Gasteiger partial charge on any atom is -0.497 e. The van der Waals surface area contributed by atoms with Crippen molar-refractivity contribution in [3.8, 4) is 11.5 Å². The minimum atomic E-state index is -0.0685. The summed E-state index contributed by atoms with van der Waals surface area (Å²) in [6.07, 6.45) is 0.119. The number of nitrogens with one attached hydrogen (secondary N) is 2. The van der Waals surface area contributed by atoms with Crippen molar-refractivity contribution in [3.63, 3.8) is 0 Å². The van der Waals surface area contributed by atoms with Crippen molar-refractivity contribution in [2.24, 2.45) is 0 Å². The molecule has 2 N–H and O–H groups in total. The monoisotopic (exact) mass is 328 g/mol. The zero-order valence-electron chi connectivity index (χ0n) is 14.3. The summed E-state index contributed by atoms with van der Waals surface area (Å²) in [4.78, 5) is 11.9. The number of carbonyl (C=O) groups is 1. The first-order valence-corrected chi connectivity index (χ1v) is 7.97. The van der Waals surface area contributed by atoms with E-state index in [0.29, 0.717) is 6.54 Å². The van der Waals surface area contributed by atoms with Gasteiger partial charge in [-0.15, -0.1) is 0 Å². The second kappa shape index (κ2) is 8.82. The van der Waals surface area contributed by atoms with Crippen molar-refractivity contribution in [1.82, 2.24) is 5.32 Å². The molecule has 0 aliphatic heterocycles. The Morgan fingerprint density at radius 3 is 2.50 bits per heavy atom. The van der Waals surface area contributed by atoms with Crippen LogP contribution in [0.5, 0.6) is 11.5 Å². The molecular formula is C19H24N2O3. The van der Waals surface area contributed by atoms with Crippen LogP contribution in [0.1, 0.15) is 19.4 Å². The van der Waals surface area contributed by atoms with Gasteiger partial charge in [0, 0.05) is 18.3 Å². The molecule has 24 heavy (non-hydrogen) atoms. The first-order chi connectivity index (χ1) is 11.6. The van der Waals surface area contributed by atoms with Crippen molar-refractivity contribution in [2.45, 2.75) is 26.5 Å². The van der Waals surface area contributed by atoms with Gasteiger partial charge in [-0.3, -0.25) is 4.79 Å². The van der Waals surface area contributed by atoms with Crippen LogP contribution in [0.3, 0.4) is 0 Å². The molecule has 0 saturated heterocycles. The molecule has 0 aliphatic carbocycles. The van der Waals surface area contributed by atoms with Crippen LogP contribution in [0.15, 0.2) is 48.5 Å². The van der Waals surface area contributed by atoms with Crippen LogP contribution >= 0.6 is 0 Å². The highest BCUT2D eigenvalue weighted by atomic mass is 16.5. The third-order valence-electron chi connectivity index (χ3n) is 3.31. The van der Waals surface area contributed by atoms with Crippen LogP contribution in [-0.4, -0.2) is 25.7 Å². The molecule has 0 aliphatic rings. The van der Waals surface area contributed by atoms with E-state index in [-0.39, 0.29) is 18.6 Å². The molecule has 0 fully saturated rings. The third kappa shape index (κ3) is 5.83. The van der Waals surface area contributed by atoms with E-state index in [1.54, 1.807) is 7.11 Å². The molecule has 5 heteroatoms. The predicted octanol–water partition coefficient (Wildman–Crippen LogP) is 3.21. The number of rotatable bonds is 8. The van der Waals surface area contributed by atoms with Crippen LogP contribution in [0, 0.1) is 0 Å². The lowest BCUT2D eigenvalue weighted by Gasteiger charge is -2.12. The van der Waals surface area contributed by atoms with Gasteiger partial charge in [-0.2, -0.15) is 0 Å². The fourth-order valence-corrected chi connectivity index (χ4v) is 2.14. The first kappa shape index (κ1) is 17.7. The Kier molecular flexibility index (Phi) is 6.49. The molecular weight excluding hydrogens is 304 g/mol. The van der Waals surface area contributed by atoms with E-state index in [4.69, 9.17) is 9.47 Å². The lowest BCUT2D eigenvalue weighted by Crippen LogP contribution is -2.29. The highest BCUT2D eigenvalue weighted by Crippen LogP contribution is 2.18. The maximum atomic E-state index is 11.9. The minimum absolute atomic E-state index is 0.0685. The molecule has 1 amide bonds. The summed E-state index contributed by atoms with van der Waals surface area (Å²) in [6.45, 7) is 4.65. The highest BCUT2D eigenvalue weighted by molar-refractivity contribution is 5.80. The van der Waals surface area contributed by atoms with Crippen molar-refractivity contribution < 1.29 is 14.3 Å². The van der Waals surface area contributed by atoms with Crippen molar-refractivity contribution >= 4 is 11.6 Å². The molecule has 0 unspecified atom stereocenters. The van der Waals surface area contributed by atoms with E-state index >= 15 is 0 Å². The largest absolute Gasteiger partial charge is 0.497 e. The number of carbonyl (C=O) groups excluding carboxylic acids is 1. The van der Waals surface area contributed by atoms with E-state index in [9.17, 15) is 4.79 Å². The van der Waals surface area contributed by atoms with Gasteiger partial charge in [0.05, 0.1) is 19.8 Å². The summed E-state index contributed by atoms with van der Waals surface area (Å²) in [5.74, 6) is 1.52. The number of ether oxygens (including phenoxy) is 2. The van der Waals surface area contributed by atoms with Crippen LogP contribution in [0.4, 0.5) is 5.69 Å². The predicted molar refractivity (Wildman–Crippen MR) is 95.5 cm³/mol. The Bertz CT molecular complexity index is 654. The van der Waals surface area contributed by atoms with Crippen LogP contribution < -0.4 is 20.1 Å². The van der Waals surface area contributed by atoms with Crippen molar-refractivity contribution in [2.75, 3.05) is 19.0 Å². The maximum Gasteiger partial charge on any atom is 0.239 e. The van der Waals surface area contributed by atoms with Crippen molar-refractivity contribution in [1.29, 1.82) is 0 Å². The second-order valence-corrected chi connectivity index (χ2v) is 5.67. The van der Waals surface area contributed by atoms with Gasteiger partial charge in [0.2, 0.25) is 5.91 Å². The zero-order chi connectivity index (χ0) is 17.4. The van der Waals surface area contributed by atoms with Crippen LogP contribution in [0.25, 0.3) is 0 Å². The van der Waals surface area contributed by atoms with Gasteiger partial charge < -0.3 is 20.1 Å². The zero-order valence-corrected chi connectivity index (χ0v) is 14.3. The molecule has 0 radical (unpaired) electrons. The molecule has 2 aromatic carbocycles. The Morgan fingerprint density at radius 2 is 1.83 bits per heavy atom. The van der Waals surface area contributed by atoms with Gasteiger partial charge in [-0.05, 0) is 43.7 Å². The molecule has 0 saturated carbocycles. The van der Waals surface area contributed by atoms with E-state index in [1.165, 1.54) is 0 Å². The molecule has 0 aromatic heterocycles. The Labute approximate surface area is 143 Å². The third-order valence-corrected chi connectivity index (χ3v) is 3.31. The SMILES string of the molecule is COc1ccc(CNC(=O)CNc2cccc(OC(C)C)c2)cc1. The van der Waals surface area contributed by atoms with E-state index in [0.717, 1.165) is 22.7 Å². The molecule has 2 rings (SSSR count). The molecule has 0 bridgehead atoms. The average Bonchev–Trinajstić information content (AvgIpc) is 2.58. The van der Waals surface area contributed by atoms with Gasteiger partial charge >= 0.3 is 0 Å². The van der Waals surface area contributed by atoms with Gasteiger partial charge in [0.25, 0.3) is 0 Å². The van der Waals surface area contributed by atoms with E-state index < -0.39 is 0 Å². The summed E-state index contributed by atoms with van der Waals surface area (Å²) < 4.78 is 10.7. The summed E-state index contributed by atoms with van der Waals surface area (Å²) in [6, 6.07) is 15.2. The topological polar surface area (TPSA) is 59.6 Å². The summed E-state index contributed by atoms with van der Waals surface area (Å²) in [7, 11) is 1.63. The standard InChI is InChI=1S/C19H24N2O3/c1-14(2)24-18-6-4-5-16(11-18)20-13-19(22)21-12-15-7-9-17(23-3)10-8-15/h4-11,14,20H,12-13H2,1-3H3,(H,21,22). The molecule has 0 heterocycles. The van der Waals surface area contributed by atoms with E-state index in [1.807, 2.05) is 62.4 Å². The fourth-order valence-electron chi connectivity index (χ4n) is 2.14. The lowest BCUT2D eigenvalue weighted by atomic mass is 10.2. The van der Waals surface area contributed by atoms with Gasteiger partial charge in [0.15, 0.2) is 0 Å². The number of anilines is 1. The molecule has 2 aromatic rings. The van der Waals surface area contributed by atoms with Crippen LogP contribution in [0.2, 0.25) is 0 Å². The van der Waals surface area contributed by atoms with E-state index in [2.05, 4.69) is 10.6 Å². The quantitative estimate of drug-likeness (QED) is 0.781. The van der Waals surface area contributed by atoms with Gasteiger partial charge in [-0.25, -0.2) is 0 Å². The highest BCUT2D eigenvalue weighted by Gasteiger charge is 2.03. The molecule has 128 valence electrons.